The molecule has 0 heterocycles. The number of hydrogen-bond donors (Lipinski definition) is 1. The van der Waals surface area contributed by atoms with Gasteiger partial charge in [-0.2, -0.15) is 0 Å². The first-order valence-corrected chi connectivity index (χ1v) is 10.6. The van der Waals surface area contributed by atoms with Gasteiger partial charge in [0.1, 0.15) is 0 Å². The zero-order valence-electron chi connectivity index (χ0n) is 16.5. The number of unbranched alkanes of at least 4 members (excludes halogenated alkanes) is 13. The lowest BCUT2D eigenvalue weighted by atomic mass is 10.0. The van der Waals surface area contributed by atoms with Crippen LogP contribution in [0.3, 0.4) is 0 Å². The molecule has 0 atom stereocenters. The van der Waals surface area contributed by atoms with Gasteiger partial charge in [-0.25, -0.2) is 0 Å². The van der Waals surface area contributed by atoms with Crippen molar-refractivity contribution in [1.29, 1.82) is 0 Å². The molecular weight excluding hydrogens is 346 g/mol. The molecule has 0 amide bonds. The molecule has 0 unspecified atom stereocenters. The Morgan fingerprint density at radius 1 is 0.522 bits per heavy atom. The minimum absolute atomic E-state index is 0. The van der Waals surface area contributed by atoms with Gasteiger partial charge >= 0.3 is 0 Å². The normalized spacial score (nSPS) is 11.0. The second kappa shape index (κ2) is 22.4. The van der Waals surface area contributed by atoms with Crippen LogP contribution in [0.1, 0.15) is 124 Å². The molecule has 0 aromatic heterocycles. The van der Waals surface area contributed by atoms with E-state index in [1.807, 2.05) is 0 Å². The first-order valence-electron chi connectivity index (χ1n) is 10.6. The van der Waals surface area contributed by atoms with Crippen LogP contribution >= 0.6 is 17.0 Å². The molecule has 142 valence electrons. The van der Waals surface area contributed by atoms with Crippen LogP contribution in [-0.2, 0) is 0 Å². The summed E-state index contributed by atoms with van der Waals surface area (Å²) < 4.78 is 0. The summed E-state index contributed by atoms with van der Waals surface area (Å²) in [5.74, 6) is 0. The quantitative estimate of drug-likeness (QED) is 0.234. The van der Waals surface area contributed by atoms with E-state index in [1.165, 1.54) is 109 Å². The average Bonchev–Trinajstić information content (AvgIpc) is 2.55. The Morgan fingerprint density at radius 2 is 0.870 bits per heavy atom. The summed E-state index contributed by atoms with van der Waals surface area (Å²) in [6, 6.07) is 0.752. The molecule has 0 aliphatic rings. The van der Waals surface area contributed by atoms with Crippen molar-refractivity contribution in [3.05, 3.63) is 0 Å². The lowest BCUT2D eigenvalue weighted by molar-refractivity contribution is 0.466. The fourth-order valence-corrected chi connectivity index (χ4v) is 3.20. The SMILES string of the molecule is Br.CCCCCCCCCCCCCCCCNC(CC)CC. The van der Waals surface area contributed by atoms with Crippen molar-refractivity contribution in [2.45, 2.75) is 130 Å². The van der Waals surface area contributed by atoms with E-state index in [1.54, 1.807) is 0 Å². The Hall–Kier alpha value is 0.440. The van der Waals surface area contributed by atoms with Crippen molar-refractivity contribution in [3.63, 3.8) is 0 Å². The van der Waals surface area contributed by atoms with Crippen molar-refractivity contribution < 1.29 is 0 Å². The standard InChI is InChI=1S/C21H45N.BrH/c1-4-7-8-9-10-11-12-13-14-15-16-17-18-19-20-22-21(5-2)6-3;/h21-22H,4-20H2,1-3H3;1H. The van der Waals surface area contributed by atoms with E-state index in [0.29, 0.717) is 0 Å². The summed E-state index contributed by atoms with van der Waals surface area (Å²) in [5.41, 5.74) is 0. The van der Waals surface area contributed by atoms with E-state index in [-0.39, 0.29) is 17.0 Å². The molecule has 0 fully saturated rings. The Labute approximate surface area is 158 Å². The third-order valence-corrected chi connectivity index (χ3v) is 4.95. The van der Waals surface area contributed by atoms with Gasteiger partial charge in [-0.1, -0.05) is 104 Å². The molecule has 0 bridgehead atoms. The van der Waals surface area contributed by atoms with Gasteiger partial charge in [0.25, 0.3) is 0 Å². The highest BCUT2D eigenvalue weighted by Crippen LogP contribution is 2.12. The van der Waals surface area contributed by atoms with E-state index in [9.17, 15) is 0 Å². The molecule has 0 aliphatic carbocycles. The number of halogens is 1. The number of nitrogens with one attached hydrogen (secondary N) is 1. The van der Waals surface area contributed by atoms with Gasteiger partial charge in [0.15, 0.2) is 0 Å². The fourth-order valence-electron chi connectivity index (χ4n) is 3.20. The Bertz CT molecular complexity index is 192. The summed E-state index contributed by atoms with van der Waals surface area (Å²) >= 11 is 0. The smallest absolute Gasteiger partial charge is 0.00618 e. The zero-order valence-corrected chi connectivity index (χ0v) is 18.2. The summed E-state index contributed by atoms with van der Waals surface area (Å²) in [6.45, 7) is 8.09. The van der Waals surface area contributed by atoms with Crippen LogP contribution in [-0.4, -0.2) is 12.6 Å². The average molecular weight is 393 g/mol. The van der Waals surface area contributed by atoms with Crippen LogP contribution in [0, 0.1) is 0 Å². The van der Waals surface area contributed by atoms with Gasteiger partial charge in [-0.3, -0.25) is 0 Å². The van der Waals surface area contributed by atoms with Crippen molar-refractivity contribution in [3.8, 4) is 0 Å². The molecule has 0 aliphatic heterocycles. The fraction of sp³-hybridized carbons (Fsp3) is 1.00. The molecule has 0 rings (SSSR count). The van der Waals surface area contributed by atoms with Gasteiger partial charge in [0.05, 0.1) is 0 Å². The van der Waals surface area contributed by atoms with Crippen LogP contribution in [0.4, 0.5) is 0 Å². The Morgan fingerprint density at radius 3 is 1.22 bits per heavy atom. The highest BCUT2D eigenvalue weighted by atomic mass is 79.9. The van der Waals surface area contributed by atoms with Gasteiger partial charge in [0.2, 0.25) is 0 Å². The highest BCUT2D eigenvalue weighted by molar-refractivity contribution is 8.93. The van der Waals surface area contributed by atoms with Crippen LogP contribution in [0.5, 0.6) is 0 Å². The zero-order chi connectivity index (χ0) is 16.3. The minimum atomic E-state index is 0. The van der Waals surface area contributed by atoms with Gasteiger partial charge < -0.3 is 5.32 Å². The molecule has 0 spiro atoms. The van der Waals surface area contributed by atoms with E-state index < -0.39 is 0 Å². The molecule has 0 aromatic carbocycles. The molecule has 0 aromatic rings. The molecular formula is C21H46BrN. The van der Waals surface area contributed by atoms with Gasteiger partial charge in [-0.15, -0.1) is 17.0 Å². The van der Waals surface area contributed by atoms with Gasteiger partial charge in [-0.05, 0) is 25.8 Å². The second-order valence-electron chi connectivity index (χ2n) is 7.06. The van der Waals surface area contributed by atoms with Crippen LogP contribution in [0.2, 0.25) is 0 Å². The maximum absolute atomic E-state index is 3.66. The summed E-state index contributed by atoms with van der Waals surface area (Å²) in [7, 11) is 0. The van der Waals surface area contributed by atoms with Crippen LogP contribution in [0.15, 0.2) is 0 Å². The lowest BCUT2D eigenvalue weighted by Crippen LogP contribution is -2.28. The maximum atomic E-state index is 3.66. The van der Waals surface area contributed by atoms with Gasteiger partial charge in [0, 0.05) is 6.04 Å². The van der Waals surface area contributed by atoms with Crippen LogP contribution < -0.4 is 5.32 Å². The van der Waals surface area contributed by atoms with E-state index in [2.05, 4.69) is 26.1 Å². The van der Waals surface area contributed by atoms with E-state index in [4.69, 9.17) is 0 Å². The van der Waals surface area contributed by atoms with E-state index in [0.717, 1.165) is 6.04 Å². The third-order valence-electron chi connectivity index (χ3n) is 4.95. The molecule has 23 heavy (non-hydrogen) atoms. The lowest BCUT2D eigenvalue weighted by Gasteiger charge is -2.14. The first kappa shape index (κ1) is 25.7. The van der Waals surface area contributed by atoms with Crippen molar-refractivity contribution in [1.82, 2.24) is 5.32 Å². The molecule has 0 saturated heterocycles. The highest BCUT2D eigenvalue weighted by Gasteiger charge is 2.00. The first-order chi connectivity index (χ1) is 10.8. The van der Waals surface area contributed by atoms with Crippen molar-refractivity contribution in [2.24, 2.45) is 0 Å². The number of hydrogen-bond acceptors (Lipinski definition) is 1. The topological polar surface area (TPSA) is 12.0 Å². The molecule has 1 N–H and O–H groups in total. The van der Waals surface area contributed by atoms with Crippen LogP contribution in [0.25, 0.3) is 0 Å². The summed E-state index contributed by atoms with van der Waals surface area (Å²) in [4.78, 5) is 0. The van der Waals surface area contributed by atoms with Crippen molar-refractivity contribution in [2.75, 3.05) is 6.54 Å². The minimum Gasteiger partial charge on any atom is -0.314 e. The van der Waals surface area contributed by atoms with E-state index >= 15 is 0 Å². The third kappa shape index (κ3) is 20.4. The van der Waals surface area contributed by atoms with Crippen molar-refractivity contribution >= 4 is 17.0 Å². The summed E-state index contributed by atoms with van der Waals surface area (Å²) in [6.07, 6.45) is 22.8. The largest absolute Gasteiger partial charge is 0.314 e. The molecule has 2 heteroatoms. The summed E-state index contributed by atoms with van der Waals surface area (Å²) in [5, 5.41) is 3.66. The molecule has 1 nitrogen and oxygen atoms in total. The second-order valence-corrected chi connectivity index (χ2v) is 7.06. The Balaban J connectivity index is 0. The maximum Gasteiger partial charge on any atom is 0.00618 e. The molecule has 0 radical (unpaired) electrons. The predicted molar refractivity (Wildman–Crippen MR) is 113 cm³/mol. The predicted octanol–water partition coefficient (Wildman–Crippen LogP) is 7.82. The Kier molecular flexibility index (Phi) is 25.1. The monoisotopic (exact) mass is 391 g/mol. The molecule has 0 saturated carbocycles. The number of rotatable bonds is 18.